The van der Waals surface area contributed by atoms with Crippen molar-refractivity contribution in [3.8, 4) is 0 Å². The van der Waals surface area contributed by atoms with E-state index in [9.17, 15) is 4.79 Å². The van der Waals surface area contributed by atoms with Crippen LogP contribution in [-0.2, 0) is 9.53 Å². The van der Waals surface area contributed by atoms with Crippen LogP contribution in [0.25, 0.3) is 11.0 Å². The maximum atomic E-state index is 12.4. The first kappa shape index (κ1) is 15.0. The SMILES string of the molecule is CCOC(=O)C(=Nc1ccc(C)cc1)n1cnc2ccccc21. The number of para-hydroxylation sites is 2. The highest BCUT2D eigenvalue weighted by atomic mass is 16.5. The molecule has 1 aromatic heterocycles. The zero-order chi connectivity index (χ0) is 16.2. The number of carbonyl (C=O) groups excluding carboxylic acids is 1. The normalized spacial score (nSPS) is 11.7. The van der Waals surface area contributed by atoms with Crippen molar-refractivity contribution in [2.45, 2.75) is 13.8 Å². The van der Waals surface area contributed by atoms with Gasteiger partial charge in [0.15, 0.2) is 0 Å². The summed E-state index contributed by atoms with van der Waals surface area (Å²) >= 11 is 0. The number of hydrogen-bond donors (Lipinski definition) is 0. The fourth-order valence-corrected chi connectivity index (χ4v) is 2.26. The Balaban J connectivity index is 2.12. The number of aliphatic imine (C=N–C) groups is 1. The molecular formula is C18H17N3O2. The predicted molar refractivity (Wildman–Crippen MR) is 90.0 cm³/mol. The number of ether oxygens (including phenoxy) is 1. The molecular weight excluding hydrogens is 290 g/mol. The van der Waals surface area contributed by atoms with E-state index >= 15 is 0 Å². The van der Waals surface area contributed by atoms with E-state index in [2.05, 4.69) is 9.98 Å². The Morgan fingerprint density at radius 1 is 1.17 bits per heavy atom. The summed E-state index contributed by atoms with van der Waals surface area (Å²) in [5.74, 6) is -0.277. The first-order chi connectivity index (χ1) is 11.2. The molecule has 0 saturated carbocycles. The average molecular weight is 307 g/mol. The maximum absolute atomic E-state index is 12.4. The molecule has 0 aliphatic carbocycles. The third-order valence-corrected chi connectivity index (χ3v) is 3.41. The van der Waals surface area contributed by atoms with Gasteiger partial charge in [0, 0.05) is 0 Å². The minimum Gasteiger partial charge on any atom is -0.460 e. The molecule has 116 valence electrons. The van der Waals surface area contributed by atoms with Gasteiger partial charge in [-0.05, 0) is 38.1 Å². The van der Waals surface area contributed by atoms with Gasteiger partial charge in [-0.1, -0.05) is 29.8 Å². The minimum atomic E-state index is -0.476. The molecule has 0 aliphatic rings. The molecule has 0 aliphatic heterocycles. The first-order valence-corrected chi connectivity index (χ1v) is 7.44. The van der Waals surface area contributed by atoms with Crippen LogP contribution in [-0.4, -0.2) is 28.0 Å². The van der Waals surface area contributed by atoms with E-state index in [0.717, 1.165) is 16.6 Å². The Morgan fingerprint density at radius 2 is 1.91 bits per heavy atom. The van der Waals surface area contributed by atoms with Crippen LogP contribution < -0.4 is 0 Å². The Kier molecular flexibility index (Phi) is 4.19. The Bertz CT molecular complexity index is 863. The van der Waals surface area contributed by atoms with Gasteiger partial charge in [-0.15, -0.1) is 0 Å². The molecule has 0 fully saturated rings. The minimum absolute atomic E-state index is 0.199. The molecule has 0 N–H and O–H groups in total. The first-order valence-electron chi connectivity index (χ1n) is 7.44. The van der Waals surface area contributed by atoms with Gasteiger partial charge >= 0.3 is 5.97 Å². The van der Waals surface area contributed by atoms with Gasteiger partial charge < -0.3 is 4.74 Å². The number of rotatable bonds is 2. The highest BCUT2D eigenvalue weighted by Gasteiger charge is 2.18. The zero-order valence-corrected chi connectivity index (χ0v) is 13.1. The van der Waals surface area contributed by atoms with Crippen molar-refractivity contribution in [2.24, 2.45) is 4.99 Å². The van der Waals surface area contributed by atoms with Crippen molar-refractivity contribution >= 4 is 28.5 Å². The van der Waals surface area contributed by atoms with Gasteiger partial charge in [0.25, 0.3) is 0 Å². The monoisotopic (exact) mass is 307 g/mol. The molecule has 0 unspecified atom stereocenters. The molecule has 5 heteroatoms. The molecule has 0 amide bonds. The summed E-state index contributed by atoms with van der Waals surface area (Å²) in [4.78, 5) is 21.1. The van der Waals surface area contributed by atoms with E-state index in [1.165, 1.54) is 0 Å². The van der Waals surface area contributed by atoms with Gasteiger partial charge in [0.1, 0.15) is 6.33 Å². The van der Waals surface area contributed by atoms with Crippen molar-refractivity contribution in [3.63, 3.8) is 0 Å². The summed E-state index contributed by atoms with van der Waals surface area (Å²) in [7, 11) is 0. The second-order valence-electron chi connectivity index (χ2n) is 5.09. The van der Waals surface area contributed by atoms with Crippen molar-refractivity contribution in [1.82, 2.24) is 9.55 Å². The largest absolute Gasteiger partial charge is 0.460 e. The van der Waals surface area contributed by atoms with Crippen LogP contribution in [0.3, 0.4) is 0 Å². The zero-order valence-electron chi connectivity index (χ0n) is 13.1. The molecule has 0 bridgehead atoms. The second-order valence-corrected chi connectivity index (χ2v) is 5.09. The number of esters is 1. The lowest BCUT2D eigenvalue weighted by molar-refractivity contribution is -0.135. The maximum Gasteiger partial charge on any atom is 0.374 e. The molecule has 0 radical (unpaired) electrons. The van der Waals surface area contributed by atoms with E-state index in [1.807, 2.05) is 55.5 Å². The quantitative estimate of drug-likeness (QED) is 0.414. The predicted octanol–water partition coefficient (Wildman–Crippen LogP) is 3.49. The fourth-order valence-electron chi connectivity index (χ4n) is 2.26. The van der Waals surface area contributed by atoms with Gasteiger partial charge in [-0.25, -0.2) is 14.8 Å². The summed E-state index contributed by atoms with van der Waals surface area (Å²) in [6.45, 7) is 4.06. The van der Waals surface area contributed by atoms with Crippen molar-refractivity contribution < 1.29 is 9.53 Å². The van der Waals surface area contributed by atoms with Gasteiger partial charge in [-0.2, -0.15) is 0 Å². The van der Waals surface area contributed by atoms with Gasteiger partial charge in [0.05, 0.1) is 23.3 Å². The lowest BCUT2D eigenvalue weighted by Crippen LogP contribution is -2.24. The second kappa shape index (κ2) is 6.44. The highest BCUT2D eigenvalue weighted by molar-refractivity contribution is 6.37. The lowest BCUT2D eigenvalue weighted by atomic mass is 10.2. The fraction of sp³-hybridized carbons (Fsp3) is 0.167. The third-order valence-electron chi connectivity index (χ3n) is 3.41. The summed E-state index contributed by atoms with van der Waals surface area (Å²) in [6, 6.07) is 15.2. The molecule has 3 aromatic rings. The number of imidazole rings is 1. The summed E-state index contributed by atoms with van der Waals surface area (Å²) in [6.07, 6.45) is 1.59. The Morgan fingerprint density at radius 3 is 2.65 bits per heavy atom. The molecule has 0 spiro atoms. The van der Waals surface area contributed by atoms with E-state index in [-0.39, 0.29) is 5.84 Å². The summed E-state index contributed by atoms with van der Waals surface area (Å²) in [5, 5.41) is 0. The van der Waals surface area contributed by atoms with Crippen LogP contribution in [0.4, 0.5) is 5.69 Å². The summed E-state index contributed by atoms with van der Waals surface area (Å²) < 4.78 is 6.81. The van der Waals surface area contributed by atoms with Crippen molar-refractivity contribution in [1.29, 1.82) is 0 Å². The van der Waals surface area contributed by atoms with E-state index in [4.69, 9.17) is 4.74 Å². The standard InChI is InChI=1S/C18H17N3O2/c1-3-23-18(22)17(20-14-10-8-13(2)9-11-14)21-12-19-15-6-4-5-7-16(15)21/h4-12H,3H2,1-2H3. The number of hydrogen-bond acceptors (Lipinski definition) is 4. The van der Waals surface area contributed by atoms with Gasteiger partial charge in [-0.3, -0.25) is 4.57 Å². The lowest BCUT2D eigenvalue weighted by Gasteiger charge is -2.08. The van der Waals surface area contributed by atoms with Crippen LogP contribution in [0.1, 0.15) is 12.5 Å². The third kappa shape index (κ3) is 3.13. The number of nitrogens with zero attached hydrogens (tertiary/aromatic N) is 3. The van der Waals surface area contributed by atoms with Crippen molar-refractivity contribution in [3.05, 3.63) is 60.4 Å². The molecule has 2 aromatic carbocycles. The van der Waals surface area contributed by atoms with Crippen LogP contribution in [0, 0.1) is 6.92 Å². The molecule has 1 heterocycles. The number of carbonyl (C=O) groups is 1. The van der Waals surface area contributed by atoms with E-state index in [1.54, 1.807) is 17.8 Å². The molecule has 3 rings (SSSR count). The van der Waals surface area contributed by atoms with E-state index in [0.29, 0.717) is 12.3 Å². The summed E-state index contributed by atoms with van der Waals surface area (Å²) in [5.41, 5.74) is 3.44. The van der Waals surface area contributed by atoms with Crippen LogP contribution in [0.15, 0.2) is 59.9 Å². The van der Waals surface area contributed by atoms with Crippen LogP contribution in [0.5, 0.6) is 0 Å². The molecule has 0 atom stereocenters. The van der Waals surface area contributed by atoms with E-state index < -0.39 is 5.97 Å². The average Bonchev–Trinajstić information content (AvgIpc) is 2.98. The molecule has 23 heavy (non-hydrogen) atoms. The topological polar surface area (TPSA) is 56.5 Å². The van der Waals surface area contributed by atoms with Crippen LogP contribution in [0.2, 0.25) is 0 Å². The van der Waals surface area contributed by atoms with Crippen LogP contribution >= 0.6 is 0 Å². The van der Waals surface area contributed by atoms with Crippen molar-refractivity contribution in [2.75, 3.05) is 6.61 Å². The smallest absolute Gasteiger partial charge is 0.374 e. The Hall–Kier alpha value is -2.95. The van der Waals surface area contributed by atoms with Gasteiger partial charge in [0.2, 0.25) is 5.84 Å². The highest BCUT2D eigenvalue weighted by Crippen LogP contribution is 2.17. The molecule has 0 saturated heterocycles. The number of aromatic nitrogens is 2. The number of aryl methyl sites for hydroxylation is 1. The number of benzene rings is 2. The Labute approximate surface area is 134 Å². The number of fused-ring (bicyclic) bond motifs is 1. The molecule has 5 nitrogen and oxygen atoms in total.